The topological polar surface area (TPSA) is 55.4 Å². The van der Waals surface area contributed by atoms with Gasteiger partial charge >= 0.3 is 0 Å². The molecule has 0 amide bonds. The molecule has 0 unspecified atom stereocenters. The molecule has 1 rings (SSSR count). The van der Waals surface area contributed by atoms with E-state index in [2.05, 4.69) is 4.72 Å². The van der Waals surface area contributed by atoms with Crippen LogP contribution < -0.4 is 4.72 Å². The molecule has 1 saturated heterocycles. The molecule has 0 radical (unpaired) electrons. The molecule has 1 aliphatic rings. The summed E-state index contributed by atoms with van der Waals surface area (Å²) < 4.78 is 31.0. The van der Waals surface area contributed by atoms with Gasteiger partial charge in [-0.25, -0.2) is 13.1 Å². The van der Waals surface area contributed by atoms with E-state index >= 15 is 0 Å². The van der Waals surface area contributed by atoms with Crippen LogP contribution in [0.1, 0.15) is 26.7 Å². The lowest BCUT2D eigenvalue weighted by Gasteiger charge is -2.23. The van der Waals surface area contributed by atoms with Crippen LogP contribution in [0.25, 0.3) is 0 Å². The molecule has 5 heteroatoms. The highest BCUT2D eigenvalue weighted by atomic mass is 32.2. The molecular weight excluding hydrogens is 190 g/mol. The molecule has 0 spiro atoms. The van der Waals surface area contributed by atoms with Gasteiger partial charge in [0.2, 0.25) is 10.0 Å². The molecule has 1 fully saturated rings. The van der Waals surface area contributed by atoms with Crippen LogP contribution >= 0.6 is 0 Å². The van der Waals surface area contributed by atoms with Gasteiger partial charge in [0.1, 0.15) is 0 Å². The molecular formula is C8H17NO3S. The predicted molar refractivity (Wildman–Crippen MR) is 51.0 cm³/mol. The van der Waals surface area contributed by atoms with E-state index in [0.717, 1.165) is 0 Å². The molecule has 4 nitrogen and oxygen atoms in total. The highest BCUT2D eigenvalue weighted by Crippen LogP contribution is 2.14. The molecule has 0 aliphatic carbocycles. The zero-order valence-electron chi connectivity index (χ0n) is 8.12. The molecule has 0 aromatic heterocycles. The molecule has 0 aromatic rings. The van der Waals surface area contributed by atoms with Crippen LogP contribution in [0.3, 0.4) is 0 Å². The molecule has 78 valence electrons. The Balaban J connectivity index is 2.57. The summed E-state index contributed by atoms with van der Waals surface area (Å²) in [7, 11) is -3.11. The fraction of sp³-hybridized carbons (Fsp3) is 1.00. The average Bonchev–Trinajstić information content (AvgIpc) is 2.04. The Labute approximate surface area is 79.7 Å². The summed E-state index contributed by atoms with van der Waals surface area (Å²) in [6.45, 7) is 4.78. The van der Waals surface area contributed by atoms with Crippen LogP contribution in [0, 0.1) is 0 Å². The normalized spacial score (nSPS) is 20.8. The Hall–Kier alpha value is -0.130. The molecule has 13 heavy (non-hydrogen) atoms. The third-order valence-corrected chi connectivity index (χ3v) is 4.16. The Morgan fingerprint density at radius 2 is 1.85 bits per heavy atom. The van der Waals surface area contributed by atoms with Gasteiger partial charge in [0, 0.05) is 19.3 Å². The first-order chi connectivity index (χ1) is 6.02. The van der Waals surface area contributed by atoms with Gasteiger partial charge in [-0.15, -0.1) is 0 Å². The quantitative estimate of drug-likeness (QED) is 0.733. The van der Waals surface area contributed by atoms with Gasteiger partial charge in [-0.05, 0) is 26.7 Å². The summed E-state index contributed by atoms with van der Waals surface area (Å²) in [5.74, 6) is 0. The first-order valence-electron chi connectivity index (χ1n) is 4.61. The predicted octanol–water partition coefficient (Wildman–Crippen LogP) is 0.493. The van der Waals surface area contributed by atoms with Crippen molar-refractivity contribution in [2.75, 3.05) is 13.2 Å². The van der Waals surface area contributed by atoms with Crippen molar-refractivity contribution in [1.82, 2.24) is 4.72 Å². The van der Waals surface area contributed by atoms with E-state index in [1.54, 1.807) is 0 Å². The summed E-state index contributed by atoms with van der Waals surface area (Å²) in [6.07, 6.45) is 1.23. The van der Waals surface area contributed by atoms with E-state index < -0.39 is 10.0 Å². The maximum atomic E-state index is 11.6. The smallest absolute Gasteiger partial charge is 0.214 e. The average molecular weight is 207 g/mol. The number of rotatable bonds is 3. The van der Waals surface area contributed by atoms with E-state index in [9.17, 15) is 8.42 Å². The van der Waals surface area contributed by atoms with Crippen LogP contribution in [-0.2, 0) is 14.8 Å². The van der Waals surface area contributed by atoms with Crippen molar-refractivity contribution < 1.29 is 13.2 Å². The highest BCUT2D eigenvalue weighted by Gasteiger charge is 2.27. The summed E-state index contributed by atoms with van der Waals surface area (Å²) in [4.78, 5) is 0. The van der Waals surface area contributed by atoms with Gasteiger partial charge in [0.25, 0.3) is 0 Å². The standard InChI is InChI=1S/C8H17NO3S/c1-7(2)9-13(10,11)8-3-5-12-6-4-8/h7-9H,3-6H2,1-2H3. The van der Waals surface area contributed by atoms with Crippen LogP contribution in [-0.4, -0.2) is 32.9 Å². The Morgan fingerprint density at radius 3 is 2.31 bits per heavy atom. The third-order valence-electron chi connectivity index (χ3n) is 2.01. The van der Waals surface area contributed by atoms with Gasteiger partial charge < -0.3 is 4.74 Å². The highest BCUT2D eigenvalue weighted by molar-refractivity contribution is 7.90. The molecule has 0 bridgehead atoms. The fourth-order valence-corrected chi connectivity index (χ4v) is 3.07. The second-order valence-corrected chi connectivity index (χ2v) is 5.62. The molecule has 1 heterocycles. The Morgan fingerprint density at radius 1 is 1.31 bits per heavy atom. The molecule has 1 N–H and O–H groups in total. The van der Waals surface area contributed by atoms with Crippen LogP contribution in [0.4, 0.5) is 0 Å². The summed E-state index contributed by atoms with van der Waals surface area (Å²) in [5.41, 5.74) is 0. The fourth-order valence-electron chi connectivity index (χ4n) is 1.41. The lowest BCUT2D eigenvalue weighted by molar-refractivity contribution is 0.0981. The first-order valence-corrected chi connectivity index (χ1v) is 6.16. The lowest BCUT2D eigenvalue weighted by Crippen LogP contribution is -2.41. The number of hydrogen-bond donors (Lipinski definition) is 1. The second-order valence-electron chi connectivity index (χ2n) is 3.63. The number of sulfonamides is 1. The Kier molecular flexibility index (Phi) is 3.70. The lowest BCUT2D eigenvalue weighted by atomic mass is 10.2. The van der Waals surface area contributed by atoms with Crippen LogP contribution in [0.2, 0.25) is 0 Å². The molecule has 0 atom stereocenters. The number of nitrogens with one attached hydrogen (secondary N) is 1. The van der Waals surface area contributed by atoms with Crippen molar-refractivity contribution in [3.63, 3.8) is 0 Å². The Bertz CT molecular complexity index is 242. The van der Waals surface area contributed by atoms with Crippen molar-refractivity contribution in [1.29, 1.82) is 0 Å². The number of hydrogen-bond acceptors (Lipinski definition) is 3. The SMILES string of the molecule is CC(C)NS(=O)(=O)C1CCOCC1. The second kappa shape index (κ2) is 4.39. The van der Waals surface area contributed by atoms with Gasteiger partial charge in [0.15, 0.2) is 0 Å². The number of ether oxygens (including phenoxy) is 1. The zero-order valence-corrected chi connectivity index (χ0v) is 8.93. The zero-order chi connectivity index (χ0) is 9.90. The van der Waals surface area contributed by atoms with Gasteiger partial charge in [0.05, 0.1) is 5.25 Å². The van der Waals surface area contributed by atoms with Crippen LogP contribution in [0.15, 0.2) is 0 Å². The van der Waals surface area contributed by atoms with Gasteiger partial charge in [-0.3, -0.25) is 0 Å². The minimum absolute atomic E-state index is 0.0205. The largest absolute Gasteiger partial charge is 0.381 e. The minimum atomic E-state index is -3.11. The maximum absolute atomic E-state index is 11.6. The summed E-state index contributed by atoms with van der Waals surface area (Å²) in [5, 5.41) is -0.261. The molecule has 0 saturated carbocycles. The van der Waals surface area contributed by atoms with Crippen molar-refractivity contribution in [2.45, 2.75) is 38.0 Å². The van der Waals surface area contributed by atoms with Gasteiger partial charge in [-0.1, -0.05) is 0 Å². The minimum Gasteiger partial charge on any atom is -0.381 e. The van der Waals surface area contributed by atoms with Gasteiger partial charge in [-0.2, -0.15) is 0 Å². The van der Waals surface area contributed by atoms with E-state index in [1.807, 2.05) is 13.8 Å². The van der Waals surface area contributed by atoms with Crippen molar-refractivity contribution in [3.8, 4) is 0 Å². The van der Waals surface area contributed by atoms with E-state index in [-0.39, 0.29) is 11.3 Å². The van der Waals surface area contributed by atoms with Crippen LogP contribution in [0.5, 0.6) is 0 Å². The van der Waals surface area contributed by atoms with E-state index in [1.165, 1.54) is 0 Å². The van der Waals surface area contributed by atoms with E-state index in [4.69, 9.17) is 4.74 Å². The van der Waals surface area contributed by atoms with Crippen molar-refractivity contribution in [2.24, 2.45) is 0 Å². The van der Waals surface area contributed by atoms with E-state index in [0.29, 0.717) is 26.1 Å². The van der Waals surface area contributed by atoms with Crippen molar-refractivity contribution in [3.05, 3.63) is 0 Å². The monoisotopic (exact) mass is 207 g/mol. The first kappa shape index (κ1) is 10.9. The maximum Gasteiger partial charge on any atom is 0.214 e. The summed E-state index contributed by atoms with van der Waals surface area (Å²) in [6, 6.07) is -0.0205. The molecule has 0 aromatic carbocycles. The van der Waals surface area contributed by atoms with Crippen molar-refractivity contribution >= 4 is 10.0 Å². The summed E-state index contributed by atoms with van der Waals surface area (Å²) >= 11 is 0. The third kappa shape index (κ3) is 3.25. The molecule has 1 aliphatic heterocycles.